The minimum atomic E-state index is 0.431. The maximum absolute atomic E-state index is 6.08. The molecule has 5 heteroatoms. The number of aromatic nitrogens is 2. The summed E-state index contributed by atoms with van der Waals surface area (Å²) < 4.78 is 5.19. The van der Waals surface area contributed by atoms with Crippen LogP contribution < -0.4 is 5.32 Å². The van der Waals surface area contributed by atoms with Crippen LogP contribution in [0.5, 0.6) is 0 Å². The number of nitrogens with zero attached hydrogens (tertiary/aromatic N) is 2. The van der Waals surface area contributed by atoms with Gasteiger partial charge in [-0.15, -0.1) is 0 Å². The molecule has 1 heterocycles. The zero-order valence-corrected chi connectivity index (χ0v) is 11.2. The molecule has 4 nitrogen and oxygen atoms in total. The van der Waals surface area contributed by atoms with Crippen molar-refractivity contribution in [1.29, 1.82) is 0 Å². The molecule has 0 aliphatic carbocycles. The molecule has 2 aromatic rings. The molecular weight excluding hydrogens is 250 g/mol. The third-order valence-electron chi connectivity index (χ3n) is 2.80. The van der Waals surface area contributed by atoms with E-state index in [2.05, 4.69) is 29.3 Å². The van der Waals surface area contributed by atoms with E-state index in [-0.39, 0.29) is 0 Å². The Balaban J connectivity index is 2.09. The van der Waals surface area contributed by atoms with Crippen LogP contribution in [0.25, 0.3) is 11.4 Å². The highest BCUT2D eigenvalue weighted by Gasteiger charge is 2.11. The fourth-order valence-corrected chi connectivity index (χ4v) is 1.70. The summed E-state index contributed by atoms with van der Waals surface area (Å²) in [5, 5.41) is 7.86. The van der Waals surface area contributed by atoms with Gasteiger partial charge >= 0.3 is 0 Å². The van der Waals surface area contributed by atoms with E-state index in [9.17, 15) is 0 Å². The fraction of sp³-hybridized carbons (Fsp3) is 0.385. The minimum Gasteiger partial charge on any atom is -0.338 e. The van der Waals surface area contributed by atoms with Gasteiger partial charge in [0.1, 0.15) is 0 Å². The summed E-state index contributed by atoms with van der Waals surface area (Å²) in [7, 11) is 0. The van der Waals surface area contributed by atoms with Crippen LogP contribution in [0.4, 0.5) is 0 Å². The van der Waals surface area contributed by atoms with E-state index in [4.69, 9.17) is 16.1 Å². The van der Waals surface area contributed by atoms with Gasteiger partial charge in [-0.2, -0.15) is 4.98 Å². The minimum absolute atomic E-state index is 0.431. The molecule has 0 bridgehead atoms. The van der Waals surface area contributed by atoms with Crippen LogP contribution >= 0.6 is 11.6 Å². The standard InChI is InChI=1S/C13H16ClN3O/c1-3-9(2)15-8-12-16-13(17-18-12)10-6-4-5-7-11(10)14/h4-7,9,15H,3,8H2,1-2H3. The first-order valence-corrected chi connectivity index (χ1v) is 6.39. The first-order valence-electron chi connectivity index (χ1n) is 6.01. The molecule has 1 aromatic carbocycles. The second-order valence-electron chi connectivity index (χ2n) is 4.18. The van der Waals surface area contributed by atoms with E-state index < -0.39 is 0 Å². The van der Waals surface area contributed by atoms with Crippen molar-refractivity contribution in [3.8, 4) is 11.4 Å². The van der Waals surface area contributed by atoms with E-state index in [0.29, 0.717) is 29.3 Å². The van der Waals surface area contributed by atoms with E-state index in [1.807, 2.05) is 24.3 Å². The summed E-state index contributed by atoms with van der Waals surface area (Å²) in [5.74, 6) is 1.10. The van der Waals surface area contributed by atoms with E-state index in [0.717, 1.165) is 12.0 Å². The summed E-state index contributed by atoms with van der Waals surface area (Å²) in [6.07, 6.45) is 1.06. The Morgan fingerprint density at radius 3 is 2.89 bits per heavy atom. The van der Waals surface area contributed by atoms with E-state index >= 15 is 0 Å². The lowest BCUT2D eigenvalue weighted by atomic mass is 10.2. The zero-order valence-electron chi connectivity index (χ0n) is 10.5. The Labute approximate surface area is 111 Å². The average Bonchev–Trinajstić information content (AvgIpc) is 2.85. The molecule has 0 radical (unpaired) electrons. The van der Waals surface area contributed by atoms with Gasteiger partial charge in [0.05, 0.1) is 11.6 Å². The Bertz CT molecular complexity index is 512. The number of rotatable bonds is 5. The van der Waals surface area contributed by atoms with Gasteiger partial charge in [-0.3, -0.25) is 0 Å². The second-order valence-corrected chi connectivity index (χ2v) is 4.59. The quantitative estimate of drug-likeness (QED) is 0.901. The van der Waals surface area contributed by atoms with Gasteiger partial charge in [0, 0.05) is 11.6 Å². The summed E-state index contributed by atoms with van der Waals surface area (Å²) in [4.78, 5) is 4.32. The highest BCUT2D eigenvalue weighted by atomic mass is 35.5. The van der Waals surface area contributed by atoms with Crippen molar-refractivity contribution in [1.82, 2.24) is 15.5 Å². The largest absolute Gasteiger partial charge is 0.338 e. The highest BCUT2D eigenvalue weighted by molar-refractivity contribution is 6.33. The Morgan fingerprint density at radius 2 is 2.17 bits per heavy atom. The topological polar surface area (TPSA) is 51.0 Å². The zero-order chi connectivity index (χ0) is 13.0. The maximum atomic E-state index is 6.08. The third kappa shape index (κ3) is 3.09. The lowest BCUT2D eigenvalue weighted by molar-refractivity contribution is 0.358. The molecule has 0 amide bonds. The molecule has 96 valence electrons. The number of halogens is 1. The van der Waals surface area contributed by atoms with Crippen LogP contribution in [0.15, 0.2) is 28.8 Å². The molecule has 1 aromatic heterocycles. The van der Waals surface area contributed by atoms with Crippen molar-refractivity contribution in [3.63, 3.8) is 0 Å². The number of hydrogen-bond donors (Lipinski definition) is 1. The van der Waals surface area contributed by atoms with Gasteiger partial charge < -0.3 is 9.84 Å². The van der Waals surface area contributed by atoms with Gasteiger partial charge in [-0.25, -0.2) is 0 Å². The normalized spacial score (nSPS) is 12.6. The van der Waals surface area contributed by atoms with Gasteiger partial charge in [-0.1, -0.05) is 35.8 Å². The van der Waals surface area contributed by atoms with Crippen LogP contribution in [0.1, 0.15) is 26.2 Å². The van der Waals surface area contributed by atoms with Crippen LogP contribution in [0.2, 0.25) is 5.02 Å². The molecule has 1 N–H and O–H groups in total. The van der Waals surface area contributed by atoms with Crippen molar-refractivity contribution in [2.24, 2.45) is 0 Å². The van der Waals surface area contributed by atoms with Crippen LogP contribution in [0.3, 0.4) is 0 Å². The van der Waals surface area contributed by atoms with Crippen molar-refractivity contribution < 1.29 is 4.52 Å². The van der Waals surface area contributed by atoms with Crippen molar-refractivity contribution in [3.05, 3.63) is 35.2 Å². The van der Waals surface area contributed by atoms with Gasteiger partial charge in [0.15, 0.2) is 0 Å². The van der Waals surface area contributed by atoms with Gasteiger partial charge in [0.25, 0.3) is 0 Å². The Morgan fingerprint density at radius 1 is 1.39 bits per heavy atom. The smallest absolute Gasteiger partial charge is 0.240 e. The second kappa shape index (κ2) is 5.98. The molecule has 0 spiro atoms. The molecule has 1 atom stereocenters. The monoisotopic (exact) mass is 265 g/mol. The van der Waals surface area contributed by atoms with Gasteiger partial charge in [0.2, 0.25) is 11.7 Å². The van der Waals surface area contributed by atoms with E-state index in [1.54, 1.807) is 0 Å². The maximum Gasteiger partial charge on any atom is 0.240 e. The van der Waals surface area contributed by atoms with Gasteiger partial charge in [-0.05, 0) is 25.5 Å². The molecule has 0 aliphatic rings. The van der Waals surface area contributed by atoms with Crippen molar-refractivity contribution in [2.75, 3.05) is 0 Å². The number of hydrogen-bond acceptors (Lipinski definition) is 4. The number of nitrogens with one attached hydrogen (secondary N) is 1. The summed E-state index contributed by atoms with van der Waals surface area (Å²) in [6, 6.07) is 7.88. The predicted molar refractivity (Wildman–Crippen MR) is 71.3 cm³/mol. The molecule has 18 heavy (non-hydrogen) atoms. The first kappa shape index (κ1) is 13.1. The summed E-state index contributed by atoms with van der Waals surface area (Å²) in [6.45, 7) is 4.82. The molecule has 0 aliphatic heterocycles. The van der Waals surface area contributed by atoms with Crippen LogP contribution in [-0.4, -0.2) is 16.2 Å². The fourth-order valence-electron chi connectivity index (χ4n) is 1.48. The number of benzene rings is 1. The molecular formula is C13H16ClN3O. The summed E-state index contributed by atoms with van der Waals surface area (Å²) >= 11 is 6.08. The van der Waals surface area contributed by atoms with Crippen LogP contribution in [-0.2, 0) is 6.54 Å². The third-order valence-corrected chi connectivity index (χ3v) is 3.13. The van der Waals surface area contributed by atoms with Crippen molar-refractivity contribution in [2.45, 2.75) is 32.9 Å². The summed E-state index contributed by atoms with van der Waals surface area (Å²) in [5.41, 5.74) is 0.790. The Kier molecular flexibility index (Phi) is 4.33. The SMILES string of the molecule is CCC(C)NCc1nc(-c2ccccc2Cl)no1. The molecule has 0 saturated heterocycles. The highest BCUT2D eigenvalue weighted by Crippen LogP contribution is 2.24. The first-order chi connectivity index (χ1) is 8.70. The van der Waals surface area contributed by atoms with E-state index in [1.165, 1.54) is 0 Å². The average molecular weight is 266 g/mol. The lowest BCUT2D eigenvalue weighted by Crippen LogP contribution is -2.24. The van der Waals surface area contributed by atoms with Crippen LogP contribution in [0, 0.1) is 0 Å². The molecule has 2 rings (SSSR count). The molecule has 1 unspecified atom stereocenters. The molecule has 0 fully saturated rings. The predicted octanol–water partition coefficient (Wildman–Crippen LogP) is 3.28. The molecule has 0 saturated carbocycles. The lowest BCUT2D eigenvalue weighted by Gasteiger charge is -2.07. The van der Waals surface area contributed by atoms with Crippen molar-refractivity contribution >= 4 is 11.6 Å². The Hall–Kier alpha value is -1.39.